The van der Waals surface area contributed by atoms with Crippen molar-refractivity contribution < 1.29 is 4.79 Å². The molecule has 1 heterocycles. The first-order valence-corrected chi connectivity index (χ1v) is 6.64. The number of hydrogen-bond acceptors (Lipinski definition) is 3. The Labute approximate surface area is 122 Å². The molecule has 1 unspecified atom stereocenters. The SMILES string of the molecule is N#CC(C(=O)c1ccccc1)c1ccc2ccccc2n1. The molecule has 1 aromatic heterocycles. The van der Waals surface area contributed by atoms with Crippen LogP contribution in [0.1, 0.15) is 22.0 Å². The molecular weight excluding hydrogens is 260 g/mol. The lowest BCUT2D eigenvalue weighted by Crippen LogP contribution is -2.12. The highest BCUT2D eigenvalue weighted by Gasteiger charge is 2.23. The monoisotopic (exact) mass is 272 g/mol. The molecule has 0 saturated carbocycles. The number of aromatic nitrogens is 1. The number of Topliss-reactive ketones (excluding diaryl/α,β-unsaturated/α-hetero) is 1. The molecular formula is C18H12N2O. The summed E-state index contributed by atoms with van der Waals surface area (Å²) in [5.74, 6) is -1.10. The van der Waals surface area contributed by atoms with Crippen molar-refractivity contribution in [3.8, 4) is 6.07 Å². The van der Waals surface area contributed by atoms with Crippen molar-refractivity contribution in [2.24, 2.45) is 0 Å². The Hall–Kier alpha value is -2.99. The van der Waals surface area contributed by atoms with Crippen LogP contribution in [0.3, 0.4) is 0 Å². The van der Waals surface area contributed by atoms with Gasteiger partial charge in [-0.3, -0.25) is 9.78 Å². The van der Waals surface area contributed by atoms with Crippen molar-refractivity contribution >= 4 is 16.7 Å². The Balaban J connectivity index is 2.02. The number of nitriles is 1. The molecule has 0 N–H and O–H groups in total. The van der Waals surface area contributed by atoms with E-state index in [2.05, 4.69) is 11.1 Å². The third-order valence-corrected chi connectivity index (χ3v) is 3.37. The summed E-state index contributed by atoms with van der Waals surface area (Å²) in [4.78, 5) is 16.9. The Kier molecular flexibility index (Phi) is 3.44. The number of carbonyl (C=O) groups excluding carboxylic acids is 1. The minimum absolute atomic E-state index is 0.221. The summed E-state index contributed by atoms with van der Waals surface area (Å²) in [6, 6.07) is 22.2. The second-order valence-electron chi connectivity index (χ2n) is 4.72. The first kappa shape index (κ1) is 13.0. The van der Waals surface area contributed by atoms with Crippen LogP contribution in [0.2, 0.25) is 0 Å². The molecule has 0 fully saturated rings. The van der Waals surface area contributed by atoms with Crippen molar-refractivity contribution in [2.75, 3.05) is 0 Å². The third-order valence-electron chi connectivity index (χ3n) is 3.37. The molecule has 1 atom stereocenters. The standard InChI is InChI=1S/C18H12N2O/c19-12-15(18(21)14-7-2-1-3-8-14)17-11-10-13-6-4-5-9-16(13)20-17/h1-11,15H. The minimum Gasteiger partial charge on any atom is -0.292 e. The zero-order valence-electron chi connectivity index (χ0n) is 11.2. The van der Waals surface area contributed by atoms with Gasteiger partial charge in [0.25, 0.3) is 0 Å². The summed E-state index contributed by atoms with van der Waals surface area (Å²) >= 11 is 0. The van der Waals surface area contributed by atoms with Crippen LogP contribution in [0.25, 0.3) is 10.9 Å². The van der Waals surface area contributed by atoms with Crippen LogP contribution in [-0.4, -0.2) is 10.8 Å². The van der Waals surface area contributed by atoms with Crippen LogP contribution in [-0.2, 0) is 0 Å². The number of benzene rings is 2. The number of pyridine rings is 1. The molecule has 0 aliphatic rings. The number of carbonyl (C=O) groups is 1. The van der Waals surface area contributed by atoms with Crippen molar-refractivity contribution in [3.63, 3.8) is 0 Å². The van der Waals surface area contributed by atoms with Crippen molar-refractivity contribution in [3.05, 3.63) is 78.0 Å². The van der Waals surface area contributed by atoms with Gasteiger partial charge in [-0.05, 0) is 12.1 Å². The molecule has 0 radical (unpaired) electrons. The summed E-state index contributed by atoms with van der Waals surface area (Å²) < 4.78 is 0. The summed E-state index contributed by atoms with van der Waals surface area (Å²) in [5.41, 5.74) is 1.81. The molecule has 0 spiro atoms. The molecule has 100 valence electrons. The van der Waals surface area contributed by atoms with E-state index in [4.69, 9.17) is 0 Å². The maximum Gasteiger partial charge on any atom is 0.186 e. The smallest absolute Gasteiger partial charge is 0.186 e. The Morgan fingerprint density at radius 2 is 1.67 bits per heavy atom. The summed E-state index contributed by atoms with van der Waals surface area (Å²) in [7, 11) is 0. The number of hydrogen-bond donors (Lipinski definition) is 0. The van der Waals surface area contributed by atoms with Gasteiger partial charge in [-0.25, -0.2) is 0 Å². The molecule has 0 aliphatic carbocycles. The lowest BCUT2D eigenvalue weighted by molar-refractivity contribution is 0.0977. The van der Waals surface area contributed by atoms with Gasteiger partial charge in [0.15, 0.2) is 11.7 Å². The van der Waals surface area contributed by atoms with Gasteiger partial charge in [0.1, 0.15) is 0 Å². The zero-order chi connectivity index (χ0) is 14.7. The minimum atomic E-state index is -0.878. The molecule has 2 aromatic carbocycles. The van der Waals surface area contributed by atoms with Gasteiger partial charge in [0.2, 0.25) is 0 Å². The van der Waals surface area contributed by atoms with Gasteiger partial charge in [0.05, 0.1) is 17.3 Å². The summed E-state index contributed by atoms with van der Waals surface area (Å²) in [6.45, 7) is 0. The van der Waals surface area contributed by atoms with E-state index in [1.165, 1.54) is 0 Å². The van der Waals surface area contributed by atoms with E-state index in [9.17, 15) is 10.1 Å². The maximum absolute atomic E-state index is 12.4. The van der Waals surface area contributed by atoms with Crippen molar-refractivity contribution in [1.29, 1.82) is 5.26 Å². The number of para-hydroxylation sites is 1. The van der Waals surface area contributed by atoms with Gasteiger partial charge in [0, 0.05) is 10.9 Å². The van der Waals surface area contributed by atoms with Crippen LogP contribution in [0.15, 0.2) is 66.7 Å². The van der Waals surface area contributed by atoms with Crippen molar-refractivity contribution in [1.82, 2.24) is 4.98 Å². The second kappa shape index (κ2) is 5.56. The molecule has 3 rings (SSSR count). The first-order valence-electron chi connectivity index (χ1n) is 6.64. The largest absolute Gasteiger partial charge is 0.292 e. The molecule has 3 aromatic rings. The molecule has 3 heteroatoms. The highest BCUT2D eigenvalue weighted by atomic mass is 16.1. The van der Waals surface area contributed by atoms with Gasteiger partial charge >= 0.3 is 0 Å². The van der Waals surface area contributed by atoms with Crippen LogP contribution < -0.4 is 0 Å². The highest BCUT2D eigenvalue weighted by Crippen LogP contribution is 2.21. The fourth-order valence-electron chi connectivity index (χ4n) is 2.27. The predicted molar refractivity (Wildman–Crippen MR) is 80.9 cm³/mol. The predicted octanol–water partition coefficient (Wildman–Crippen LogP) is 3.72. The summed E-state index contributed by atoms with van der Waals surface area (Å²) in [5, 5.41) is 10.4. The van der Waals surface area contributed by atoms with Gasteiger partial charge in [-0.15, -0.1) is 0 Å². The molecule has 0 saturated heterocycles. The molecule has 0 amide bonds. The van der Waals surface area contributed by atoms with Crippen LogP contribution >= 0.6 is 0 Å². The topological polar surface area (TPSA) is 53.8 Å². The lowest BCUT2D eigenvalue weighted by Gasteiger charge is -2.09. The van der Waals surface area contributed by atoms with E-state index in [0.717, 1.165) is 10.9 Å². The quantitative estimate of drug-likeness (QED) is 0.683. The number of ketones is 1. The first-order chi connectivity index (χ1) is 10.3. The van der Waals surface area contributed by atoms with E-state index >= 15 is 0 Å². The molecule has 3 nitrogen and oxygen atoms in total. The number of nitrogens with zero attached hydrogens (tertiary/aromatic N) is 2. The van der Waals surface area contributed by atoms with Crippen LogP contribution in [0.4, 0.5) is 0 Å². The van der Waals surface area contributed by atoms with Crippen molar-refractivity contribution in [2.45, 2.75) is 5.92 Å². The number of fused-ring (bicyclic) bond motifs is 1. The van der Waals surface area contributed by atoms with Crippen LogP contribution in [0.5, 0.6) is 0 Å². The van der Waals surface area contributed by atoms with Crippen LogP contribution in [0, 0.1) is 11.3 Å². The average Bonchev–Trinajstić information content (AvgIpc) is 2.56. The third kappa shape index (κ3) is 2.52. The fourth-order valence-corrected chi connectivity index (χ4v) is 2.27. The Bertz CT molecular complexity index is 834. The van der Waals surface area contributed by atoms with E-state index in [1.54, 1.807) is 30.3 Å². The highest BCUT2D eigenvalue weighted by molar-refractivity contribution is 6.02. The molecule has 21 heavy (non-hydrogen) atoms. The second-order valence-corrected chi connectivity index (χ2v) is 4.72. The lowest BCUT2D eigenvalue weighted by atomic mass is 9.95. The fraction of sp³-hybridized carbons (Fsp3) is 0.0556. The molecule has 0 bridgehead atoms. The molecule has 0 aliphatic heterocycles. The Morgan fingerprint density at radius 3 is 2.43 bits per heavy atom. The average molecular weight is 272 g/mol. The zero-order valence-corrected chi connectivity index (χ0v) is 11.2. The van der Waals surface area contributed by atoms with E-state index in [0.29, 0.717) is 11.3 Å². The van der Waals surface area contributed by atoms with E-state index in [-0.39, 0.29) is 5.78 Å². The van der Waals surface area contributed by atoms with Gasteiger partial charge in [-0.1, -0.05) is 54.6 Å². The maximum atomic E-state index is 12.4. The normalized spacial score (nSPS) is 11.8. The summed E-state index contributed by atoms with van der Waals surface area (Å²) in [6.07, 6.45) is 0. The number of rotatable bonds is 3. The Morgan fingerprint density at radius 1 is 0.952 bits per heavy atom. The van der Waals surface area contributed by atoms with E-state index < -0.39 is 5.92 Å². The van der Waals surface area contributed by atoms with Gasteiger partial charge < -0.3 is 0 Å². The van der Waals surface area contributed by atoms with Gasteiger partial charge in [-0.2, -0.15) is 5.26 Å². The van der Waals surface area contributed by atoms with E-state index in [1.807, 2.05) is 36.4 Å².